The predicted octanol–water partition coefficient (Wildman–Crippen LogP) is 3.69. The molecule has 0 amide bonds. The highest BCUT2D eigenvalue weighted by Crippen LogP contribution is 2.32. The second-order valence-electron chi connectivity index (χ2n) is 8.58. The van der Waals surface area contributed by atoms with Gasteiger partial charge in [-0.1, -0.05) is 19.6 Å². The molecule has 4 rings (SSSR count). The van der Waals surface area contributed by atoms with Crippen LogP contribution in [-0.4, -0.2) is 65.5 Å². The highest BCUT2D eigenvalue weighted by Gasteiger charge is 2.21. The van der Waals surface area contributed by atoms with Gasteiger partial charge in [0.15, 0.2) is 0 Å². The molecule has 0 radical (unpaired) electrons. The Bertz CT molecular complexity index is 999. The molecule has 1 aliphatic rings. The molecule has 1 fully saturated rings. The number of ether oxygens (including phenoxy) is 2. The van der Waals surface area contributed by atoms with Crippen LogP contribution in [0.4, 0.5) is 5.82 Å². The van der Waals surface area contributed by atoms with E-state index in [1.807, 2.05) is 0 Å². The van der Waals surface area contributed by atoms with Crippen LogP contribution in [0, 0.1) is 0 Å². The molecule has 8 nitrogen and oxygen atoms in total. The summed E-state index contributed by atoms with van der Waals surface area (Å²) in [6.45, 7) is 11.2. The summed E-state index contributed by atoms with van der Waals surface area (Å²) >= 11 is 5.90. The van der Waals surface area contributed by atoms with E-state index in [2.05, 4.69) is 55.1 Å². The summed E-state index contributed by atoms with van der Waals surface area (Å²) in [5.74, 6) is 0.917. The van der Waals surface area contributed by atoms with Gasteiger partial charge in [-0.15, -0.1) is 0 Å². The molecule has 30 heavy (non-hydrogen) atoms. The molecule has 160 valence electrons. The van der Waals surface area contributed by atoms with E-state index in [-0.39, 0.29) is 5.28 Å². The molecule has 3 aromatic rings. The van der Waals surface area contributed by atoms with Crippen LogP contribution in [0.5, 0.6) is 0 Å². The molecule has 0 unspecified atom stereocenters. The minimum atomic E-state index is -1.16. The topological polar surface area (TPSA) is 78.2 Å². The number of morpholine rings is 1. The zero-order chi connectivity index (χ0) is 21.1. The standard InChI is InChI=1S/C20H27ClN6O2Si/c1-30(2,3)9-8-29-14-27-17(15-11-22-20(21)23-12-15)10-16-18(24-13-25-19(16)27)26-4-6-28-7-5-26/h10-13H,4-9,14H2,1-3H3. The molecule has 1 aliphatic heterocycles. The van der Waals surface area contributed by atoms with Gasteiger partial charge in [0.2, 0.25) is 5.28 Å². The van der Waals surface area contributed by atoms with Gasteiger partial charge in [-0.25, -0.2) is 19.9 Å². The summed E-state index contributed by atoms with van der Waals surface area (Å²) in [4.78, 5) is 19.7. The smallest absolute Gasteiger partial charge is 0.222 e. The number of halogens is 1. The lowest BCUT2D eigenvalue weighted by molar-refractivity contribution is 0.0909. The van der Waals surface area contributed by atoms with E-state index in [0.29, 0.717) is 19.9 Å². The van der Waals surface area contributed by atoms with Crippen molar-refractivity contribution in [2.45, 2.75) is 32.4 Å². The lowest BCUT2D eigenvalue weighted by atomic mass is 10.2. The maximum atomic E-state index is 6.07. The first kappa shape index (κ1) is 21.2. The van der Waals surface area contributed by atoms with Crippen LogP contribution in [0.1, 0.15) is 0 Å². The van der Waals surface area contributed by atoms with Crippen LogP contribution in [0.15, 0.2) is 24.8 Å². The summed E-state index contributed by atoms with van der Waals surface area (Å²) < 4.78 is 13.6. The Morgan fingerprint density at radius 3 is 2.53 bits per heavy atom. The molecule has 0 aliphatic carbocycles. The van der Waals surface area contributed by atoms with Crippen LogP contribution in [0.25, 0.3) is 22.3 Å². The van der Waals surface area contributed by atoms with Crippen LogP contribution in [0.2, 0.25) is 31.0 Å². The van der Waals surface area contributed by atoms with Crippen molar-refractivity contribution < 1.29 is 9.47 Å². The summed E-state index contributed by atoms with van der Waals surface area (Å²) in [7, 11) is -1.16. The zero-order valence-electron chi connectivity index (χ0n) is 17.6. The Labute approximate surface area is 182 Å². The molecular weight excluding hydrogens is 420 g/mol. The third-order valence-corrected chi connectivity index (χ3v) is 7.01. The predicted molar refractivity (Wildman–Crippen MR) is 121 cm³/mol. The SMILES string of the molecule is C[Si](C)(C)CCOCn1c(-c2cnc(Cl)nc2)cc2c(N3CCOCC3)ncnc21. The average Bonchev–Trinajstić information content (AvgIpc) is 3.10. The largest absolute Gasteiger partial charge is 0.378 e. The average molecular weight is 447 g/mol. The van der Waals surface area contributed by atoms with E-state index in [1.165, 1.54) is 0 Å². The second-order valence-corrected chi connectivity index (χ2v) is 14.5. The van der Waals surface area contributed by atoms with Crippen molar-refractivity contribution in [3.63, 3.8) is 0 Å². The molecule has 0 spiro atoms. The Morgan fingerprint density at radius 1 is 1.10 bits per heavy atom. The van der Waals surface area contributed by atoms with Crippen molar-refractivity contribution in [2.75, 3.05) is 37.8 Å². The maximum absolute atomic E-state index is 6.07. The number of hydrogen-bond donors (Lipinski definition) is 0. The zero-order valence-corrected chi connectivity index (χ0v) is 19.4. The van der Waals surface area contributed by atoms with Gasteiger partial charge in [0.1, 0.15) is 24.5 Å². The number of hydrogen-bond acceptors (Lipinski definition) is 7. The van der Waals surface area contributed by atoms with Crippen molar-refractivity contribution in [1.29, 1.82) is 0 Å². The monoisotopic (exact) mass is 446 g/mol. The van der Waals surface area contributed by atoms with Crippen molar-refractivity contribution in [3.8, 4) is 11.3 Å². The van der Waals surface area contributed by atoms with Gasteiger partial charge in [-0.05, 0) is 23.7 Å². The minimum absolute atomic E-state index is 0.224. The molecule has 0 N–H and O–H groups in total. The van der Waals surface area contributed by atoms with E-state index < -0.39 is 8.07 Å². The van der Waals surface area contributed by atoms with E-state index in [4.69, 9.17) is 21.1 Å². The fraction of sp³-hybridized carbons (Fsp3) is 0.500. The van der Waals surface area contributed by atoms with Crippen LogP contribution in [-0.2, 0) is 16.2 Å². The number of rotatable bonds is 7. The Hall–Kier alpha value is -2.07. The van der Waals surface area contributed by atoms with E-state index in [1.54, 1.807) is 18.7 Å². The highest BCUT2D eigenvalue weighted by molar-refractivity contribution is 6.76. The van der Waals surface area contributed by atoms with Crippen molar-refractivity contribution in [1.82, 2.24) is 24.5 Å². The summed E-state index contributed by atoms with van der Waals surface area (Å²) in [6.07, 6.45) is 5.07. The Kier molecular flexibility index (Phi) is 6.33. The Balaban J connectivity index is 1.72. The summed E-state index contributed by atoms with van der Waals surface area (Å²) in [5, 5.41) is 1.21. The van der Waals surface area contributed by atoms with Crippen LogP contribution >= 0.6 is 11.6 Å². The molecule has 0 atom stereocenters. The molecular formula is C20H27ClN6O2Si. The lowest BCUT2D eigenvalue weighted by Gasteiger charge is -2.28. The fourth-order valence-corrected chi connectivity index (χ4v) is 4.28. The maximum Gasteiger partial charge on any atom is 0.222 e. The highest BCUT2D eigenvalue weighted by atomic mass is 35.5. The first-order valence-corrected chi connectivity index (χ1v) is 14.2. The number of anilines is 1. The van der Waals surface area contributed by atoms with Gasteiger partial charge in [0.05, 0.1) is 24.3 Å². The van der Waals surface area contributed by atoms with E-state index in [9.17, 15) is 0 Å². The van der Waals surface area contributed by atoms with E-state index in [0.717, 1.165) is 53.8 Å². The summed E-state index contributed by atoms with van der Waals surface area (Å²) in [5.41, 5.74) is 2.63. The Morgan fingerprint density at radius 2 is 1.83 bits per heavy atom. The molecule has 0 bridgehead atoms. The molecule has 0 aromatic carbocycles. The number of aromatic nitrogens is 5. The molecule has 4 heterocycles. The van der Waals surface area contributed by atoms with Gasteiger partial charge in [0, 0.05) is 45.7 Å². The third-order valence-electron chi connectivity index (χ3n) is 5.11. The number of nitrogens with zero attached hydrogens (tertiary/aromatic N) is 6. The third kappa shape index (κ3) is 4.80. The van der Waals surface area contributed by atoms with Crippen LogP contribution < -0.4 is 4.90 Å². The van der Waals surface area contributed by atoms with Gasteiger partial charge < -0.3 is 18.9 Å². The van der Waals surface area contributed by atoms with E-state index >= 15 is 0 Å². The molecule has 0 saturated carbocycles. The molecule has 10 heteroatoms. The minimum Gasteiger partial charge on any atom is -0.378 e. The van der Waals surface area contributed by atoms with Crippen LogP contribution in [0.3, 0.4) is 0 Å². The van der Waals surface area contributed by atoms with Gasteiger partial charge in [-0.2, -0.15) is 0 Å². The van der Waals surface area contributed by atoms with Crippen molar-refractivity contribution in [2.24, 2.45) is 0 Å². The van der Waals surface area contributed by atoms with Crippen molar-refractivity contribution in [3.05, 3.63) is 30.1 Å². The fourth-order valence-electron chi connectivity index (χ4n) is 3.43. The first-order valence-electron chi connectivity index (χ1n) is 10.1. The quantitative estimate of drug-likeness (QED) is 0.311. The van der Waals surface area contributed by atoms with Gasteiger partial charge in [-0.3, -0.25) is 0 Å². The lowest BCUT2D eigenvalue weighted by Crippen LogP contribution is -2.36. The summed E-state index contributed by atoms with van der Waals surface area (Å²) in [6, 6.07) is 3.20. The molecule has 3 aromatic heterocycles. The van der Waals surface area contributed by atoms with Crippen molar-refractivity contribution >= 4 is 36.5 Å². The van der Waals surface area contributed by atoms with Gasteiger partial charge >= 0.3 is 0 Å². The normalized spacial score (nSPS) is 15.1. The molecule has 1 saturated heterocycles. The second kappa shape index (κ2) is 8.97. The first-order chi connectivity index (χ1) is 14.4. The van der Waals surface area contributed by atoms with Gasteiger partial charge in [0.25, 0.3) is 0 Å². The number of fused-ring (bicyclic) bond motifs is 1.